The Bertz CT molecular complexity index is 1010. The highest BCUT2D eigenvalue weighted by atomic mass is 35.5. The molecule has 0 unspecified atom stereocenters. The van der Waals surface area contributed by atoms with E-state index >= 15 is 0 Å². The van der Waals surface area contributed by atoms with E-state index in [2.05, 4.69) is 5.32 Å². The molecule has 4 rings (SSSR count). The van der Waals surface area contributed by atoms with Gasteiger partial charge in [-0.15, -0.1) is 0 Å². The van der Waals surface area contributed by atoms with Crippen molar-refractivity contribution in [2.24, 2.45) is 0 Å². The lowest BCUT2D eigenvalue weighted by atomic mass is 10.0. The van der Waals surface area contributed by atoms with Crippen molar-refractivity contribution in [3.05, 3.63) is 63.6 Å². The molecular formula is C20H16Cl2F3N3. The molecule has 0 fully saturated rings. The van der Waals surface area contributed by atoms with Gasteiger partial charge in [0.05, 0.1) is 22.0 Å². The average molecular weight is 426 g/mol. The minimum Gasteiger partial charge on any atom is -0.370 e. The first-order valence-corrected chi connectivity index (χ1v) is 9.59. The lowest BCUT2D eigenvalue weighted by Crippen LogP contribution is -2.08. The number of aromatic nitrogens is 2. The molecule has 0 saturated heterocycles. The zero-order valence-corrected chi connectivity index (χ0v) is 16.2. The van der Waals surface area contributed by atoms with E-state index in [4.69, 9.17) is 28.3 Å². The minimum atomic E-state index is -4.38. The number of hydrogen-bond donors (Lipinski definition) is 1. The molecule has 0 amide bonds. The molecule has 8 heteroatoms. The molecule has 1 aliphatic rings. The molecule has 0 saturated carbocycles. The predicted octanol–water partition coefficient (Wildman–Crippen LogP) is 6.61. The van der Waals surface area contributed by atoms with Crippen molar-refractivity contribution in [2.75, 3.05) is 11.9 Å². The van der Waals surface area contributed by atoms with Crippen LogP contribution in [0.15, 0.2) is 42.5 Å². The van der Waals surface area contributed by atoms with Crippen LogP contribution in [-0.2, 0) is 12.6 Å². The Hall–Kier alpha value is -2.18. The third kappa shape index (κ3) is 3.59. The van der Waals surface area contributed by atoms with Crippen molar-refractivity contribution >= 4 is 29.0 Å². The van der Waals surface area contributed by atoms with Gasteiger partial charge >= 0.3 is 6.18 Å². The summed E-state index contributed by atoms with van der Waals surface area (Å²) in [6.45, 7) is 0.766. The Morgan fingerprint density at radius 3 is 2.46 bits per heavy atom. The molecule has 0 bridgehead atoms. The summed E-state index contributed by atoms with van der Waals surface area (Å²) >= 11 is 12.5. The second-order valence-electron chi connectivity index (χ2n) is 6.64. The molecule has 3 aromatic rings. The van der Waals surface area contributed by atoms with Gasteiger partial charge in [-0.1, -0.05) is 23.2 Å². The standard InChI is InChI=1S/C20H16Cl2F3N3/c21-13-6-9-17(22)16(11-13)18-15-3-1-2-10-26-19(15)28(27-18)14-7-4-12(5-8-14)20(23,24)25/h4-9,11,26H,1-3,10H2. The van der Waals surface area contributed by atoms with Crippen molar-refractivity contribution in [2.45, 2.75) is 25.4 Å². The molecule has 0 aliphatic carbocycles. The predicted molar refractivity (Wildman–Crippen MR) is 105 cm³/mol. The van der Waals surface area contributed by atoms with Gasteiger partial charge in [0, 0.05) is 22.7 Å². The van der Waals surface area contributed by atoms with Crippen LogP contribution in [0.3, 0.4) is 0 Å². The summed E-state index contributed by atoms with van der Waals surface area (Å²) in [5.41, 5.74) is 2.24. The monoisotopic (exact) mass is 425 g/mol. The van der Waals surface area contributed by atoms with Crippen LogP contribution >= 0.6 is 23.2 Å². The first-order chi connectivity index (χ1) is 13.3. The number of nitrogens with zero attached hydrogens (tertiary/aromatic N) is 2. The lowest BCUT2D eigenvalue weighted by molar-refractivity contribution is -0.137. The number of fused-ring (bicyclic) bond motifs is 1. The van der Waals surface area contributed by atoms with Gasteiger partial charge in [-0.3, -0.25) is 0 Å². The number of rotatable bonds is 2. The van der Waals surface area contributed by atoms with Gasteiger partial charge in [0.1, 0.15) is 5.82 Å². The van der Waals surface area contributed by atoms with Crippen molar-refractivity contribution in [3.63, 3.8) is 0 Å². The summed E-state index contributed by atoms with van der Waals surface area (Å²) < 4.78 is 40.3. The van der Waals surface area contributed by atoms with Crippen LogP contribution in [-0.4, -0.2) is 16.3 Å². The highest BCUT2D eigenvalue weighted by Crippen LogP contribution is 2.38. The van der Waals surface area contributed by atoms with Crippen LogP contribution in [0.1, 0.15) is 24.0 Å². The molecule has 3 nitrogen and oxygen atoms in total. The van der Waals surface area contributed by atoms with Crippen LogP contribution in [0, 0.1) is 0 Å². The molecule has 2 heterocycles. The van der Waals surface area contributed by atoms with Gasteiger partial charge < -0.3 is 5.32 Å². The van der Waals surface area contributed by atoms with E-state index in [1.54, 1.807) is 22.9 Å². The van der Waals surface area contributed by atoms with E-state index in [-0.39, 0.29) is 0 Å². The van der Waals surface area contributed by atoms with Crippen LogP contribution in [0.5, 0.6) is 0 Å². The van der Waals surface area contributed by atoms with Crippen molar-refractivity contribution in [3.8, 4) is 16.9 Å². The highest BCUT2D eigenvalue weighted by Gasteiger charge is 2.30. The molecule has 0 radical (unpaired) electrons. The number of halogens is 5. The summed E-state index contributed by atoms with van der Waals surface area (Å²) in [5, 5.41) is 9.12. The fourth-order valence-corrected chi connectivity index (χ4v) is 3.76. The fourth-order valence-electron chi connectivity index (χ4n) is 3.38. The fraction of sp³-hybridized carbons (Fsp3) is 0.250. The van der Waals surface area contributed by atoms with Gasteiger partial charge in [0.25, 0.3) is 0 Å². The van der Waals surface area contributed by atoms with Crippen molar-refractivity contribution < 1.29 is 13.2 Å². The SMILES string of the molecule is FC(F)(F)c1ccc(-n2nc(-c3cc(Cl)ccc3Cl)c3c2NCCCC3)cc1. The van der Waals surface area contributed by atoms with E-state index in [0.29, 0.717) is 27.0 Å². The normalized spacial score (nSPS) is 14.3. The molecule has 2 aromatic carbocycles. The zero-order chi connectivity index (χ0) is 19.9. The summed E-state index contributed by atoms with van der Waals surface area (Å²) in [5.74, 6) is 0.781. The Labute approximate surface area is 170 Å². The second-order valence-corrected chi connectivity index (χ2v) is 7.48. The Morgan fingerprint density at radius 2 is 1.75 bits per heavy atom. The summed E-state index contributed by atoms with van der Waals surface area (Å²) in [6.07, 6.45) is -1.62. The molecular weight excluding hydrogens is 410 g/mol. The molecule has 1 aromatic heterocycles. The summed E-state index contributed by atoms with van der Waals surface area (Å²) in [4.78, 5) is 0. The van der Waals surface area contributed by atoms with Gasteiger partial charge in [-0.05, 0) is 61.7 Å². The van der Waals surface area contributed by atoms with Crippen LogP contribution in [0.4, 0.5) is 19.0 Å². The van der Waals surface area contributed by atoms with E-state index in [1.807, 2.05) is 0 Å². The van der Waals surface area contributed by atoms with Gasteiger partial charge in [0.15, 0.2) is 0 Å². The Balaban J connectivity index is 1.87. The number of hydrogen-bond acceptors (Lipinski definition) is 2. The third-order valence-corrected chi connectivity index (χ3v) is 5.32. The topological polar surface area (TPSA) is 29.9 Å². The number of alkyl halides is 3. The first-order valence-electron chi connectivity index (χ1n) is 8.83. The molecule has 0 spiro atoms. The second kappa shape index (κ2) is 7.33. The maximum atomic E-state index is 12.9. The number of anilines is 1. The molecule has 28 heavy (non-hydrogen) atoms. The maximum absolute atomic E-state index is 12.9. The Kier molecular flexibility index (Phi) is 5.02. The van der Waals surface area contributed by atoms with Crippen LogP contribution in [0.2, 0.25) is 10.0 Å². The van der Waals surface area contributed by atoms with Crippen molar-refractivity contribution in [1.29, 1.82) is 0 Å². The number of benzene rings is 2. The molecule has 146 valence electrons. The zero-order valence-electron chi connectivity index (χ0n) is 14.7. The van der Waals surface area contributed by atoms with Crippen molar-refractivity contribution in [1.82, 2.24) is 9.78 Å². The molecule has 1 N–H and O–H groups in total. The average Bonchev–Trinajstić information content (AvgIpc) is 2.84. The van der Waals surface area contributed by atoms with E-state index in [9.17, 15) is 13.2 Å². The van der Waals surface area contributed by atoms with Gasteiger partial charge in [0.2, 0.25) is 0 Å². The van der Waals surface area contributed by atoms with E-state index in [0.717, 1.165) is 49.3 Å². The summed E-state index contributed by atoms with van der Waals surface area (Å²) in [6, 6.07) is 10.1. The van der Waals surface area contributed by atoms with Crippen LogP contribution < -0.4 is 5.32 Å². The minimum absolute atomic E-state index is 0.522. The van der Waals surface area contributed by atoms with Gasteiger partial charge in [-0.25, -0.2) is 4.68 Å². The third-order valence-electron chi connectivity index (χ3n) is 4.75. The van der Waals surface area contributed by atoms with E-state index < -0.39 is 11.7 Å². The van der Waals surface area contributed by atoms with Gasteiger partial charge in [-0.2, -0.15) is 18.3 Å². The maximum Gasteiger partial charge on any atom is 0.416 e. The smallest absolute Gasteiger partial charge is 0.370 e. The van der Waals surface area contributed by atoms with Crippen LogP contribution in [0.25, 0.3) is 16.9 Å². The van der Waals surface area contributed by atoms with E-state index in [1.165, 1.54) is 12.1 Å². The lowest BCUT2D eigenvalue weighted by Gasteiger charge is -2.11. The Morgan fingerprint density at radius 1 is 1.00 bits per heavy atom. The molecule has 0 atom stereocenters. The largest absolute Gasteiger partial charge is 0.416 e. The summed E-state index contributed by atoms with van der Waals surface area (Å²) in [7, 11) is 0. The number of nitrogens with one attached hydrogen (secondary N) is 1. The first kappa shape index (κ1) is 19.2. The molecule has 1 aliphatic heterocycles. The quantitative estimate of drug-likeness (QED) is 0.500. The highest BCUT2D eigenvalue weighted by molar-refractivity contribution is 6.35.